The van der Waals surface area contributed by atoms with Crippen LogP contribution in [0.15, 0.2) is 36.9 Å². The average Bonchev–Trinajstić information content (AvgIpc) is 2.81. The van der Waals surface area contributed by atoms with Crippen molar-refractivity contribution in [2.75, 3.05) is 43.9 Å². The first-order chi connectivity index (χ1) is 16.1. The number of aromatic nitrogens is 3. The van der Waals surface area contributed by atoms with Gasteiger partial charge in [-0.05, 0) is 42.8 Å². The zero-order valence-electron chi connectivity index (χ0n) is 18.7. The van der Waals surface area contributed by atoms with Gasteiger partial charge in [-0.1, -0.05) is 6.58 Å². The van der Waals surface area contributed by atoms with Crippen LogP contribution in [0.1, 0.15) is 11.1 Å². The van der Waals surface area contributed by atoms with E-state index in [0.717, 1.165) is 12.1 Å². The summed E-state index contributed by atoms with van der Waals surface area (Å²) in [7, 11) is 1.42. The van der Waals surface area contributed by atoms with E-state index in [9.17, 15) is 18.0 Å². The van der Waals surface area contributed by atoms with Crippen LogP contribution >= 0.6 is 0 Å². The Balaban J connectivity index is 1.83. The number of rotatable bonds is 4. The number of piperazine rings is 1. The molecule has 0 atom stereocenters. The zero-order valence-corrected chi connectivity index (χ0v) is 18.7. The summed E-state index contributed by atoms with van der Waals surface area (Å²) in [5.74, 6) is 0.426. The summed E-state index contributed by atoms with van der Waals surface area (Å²) in [4.78, 5) is 28.5. The van der Waals surface area contributed by atoms with Crippen LogP contribution in [0.4, 0.5) is 24.8 Å². The number of methoxy groups -OCH3 is 1. The number of pyridine rings is 1. The van der Waals surface area contributed by atoms with Gasteiger partial charge in [-0.15, -0.1) is 0 Å². The fourth-order valence-electron chi connectivity index (χ4n) is 4.01. The summed E-state index contributed by atoms with van der Waals surface area (Å²) < 4.78 is 46.3. The minimum Gasteiger partial charge on any atom is -0.467 e. The molecule has 1 aliphatic rings. The molecular weight excluding hydrogens is 449 g/mol. The molecule has 1 amide bonds. The number of hydrogen-bond acceptors (Lipinski definition) is 7. The highest BCUT2D eigenvalue weighted by atomic mass is 19.4. The first kappa shape index (κ1) is 23.3. The van der Waals surface area contributed by atoms with E-state index in [1.807, 2.05) is 4.90 Å². The van der Waals surface area contributed by atoms with Crippen LogP contribution in [0, 0.1) is 6.92 Å². The van der Waals surface area contributed by atoms with Crippen LogP contribution in [0.5, 0.6) is 6.01 Å². The Kier molecular flexibility index (Phi) is 6.03. The van der Waals surface area contributed by atoms with E-state index in [4.69, 9.17) is 10.5 Å². The van der Waals surface area contributed by atoms with E-state index in [-0.39, 0.29) is 29.0 Å². The van der Waals surface area contributed by atoms with Gasteiger partial charge in [0.25, 0.3) is 0 Å². The monoisotopic (exact) mass is 472 g/mol. The SMILES string of the molecule is C=CC(=O)N1CCN(c2nc(OC)nc3cc(-c4nc(N)ccc4C(F)(F)F)c(C)cc23)CC1. The molecule has 34 heavy (non-hydrogen) atoms. The Morgan fingerprint density at radius 2 is 1.85 bits per heavy atom. The van der Waals surface area contributed by atoms with E-state index >= 15 is 0 Å². The van der Waals surface area contributed by atoms with Gasteiger partial charge in [-0.3, -0.25) is 4.79 Å². The van der Waals surface area contributed by atoms with Gasteiger partial charge in [0, 0.05) is 37.1 Å². The highest BCUT2D eigenvalue weighted by Gasteiger charge is 2.35. The van der Waals surface area contributed by atoms with Gasteiger partial charge in [0.15, 0.2) is 0 Å². The molecule has 2 aromatic heterocycles. The molecule has 2 N–H and O–H groups in total. The molecule has 3 heterocycles. The van der Waals surface area contributed by atoms with Gasteiger partial charge in [-0.2, -0.15) is 23.1 Å². The lowest BCUT2D eigenvalue weighted by atomic mass is 9.98. The fourth-order valence-corrected chi connectivity index (χ4v) is 4.01. The third-order valence-electron chi connectivity index (χ3n) is 5.73. The number of halogens is 3. The molecular formula is C23H23F3N6O2. The summed E-state index contributed by atoms with van der Waals surface area (Å²) >= 11 is 0. The smallest absolute Gasteiger partial charge is 0.418 e. The number of carbonyl (C=O) groups excluding carboxylic acids is 1. The zero-order chi connectivity index (χ0) is 24.6. The molecule has 0 aliphatic carbocycles. The largest absolute Gasteiger partial charge is 0.467 e. The van der Waals surface area contributed by atoms with Gasteiger partial charge < -0.3 is 20.3 Å². The lowest BCUT2D eigenvalue weighted by Gasteiger charge is -2.35. The molecule has 0 bridgehead atoms. The van der Waals surface area contributed by atoms with E-state index in [0.29, 0.717) is 48.5 Å². The number of nitrogens with zero attached hydrogens (tertiary/aromatic N) is 5. The average molecular weight is 472 g/mol. The van der Waals surface area contributed by atoms with Crippen molar-refractivity contribution in [1.82, 2.24) is 19.9 Å². The minimum absolute atomic E-state index is 0.0182. The number of nitrogen functional groups attached to an aromatic ring is 1. The van der Waals surface area contributed by atoms with Gasteiger partial charge in [0.05, 0.1) is 23.9 Å². The number of ether oxygens (including phenoxy) is 1. The van der Waals surface area contributed by atoms with Crippen molar-refractivity contribution in [3.8, 4) is 17.3 Å². The molecule has 0 spiro atoms. The number of anilines is 2. The molecule has 1 fully saturated rings. The van der Waals surface area contributed by atoms with Crippen molar-refractivity contribution in [3.63, 3.8) is 0 Å². The number of fused-ring (bicyclic) bond motifs is 1. The molecule has 11 heteroatoms. The van der Waals surface area contributed by atoms with Gasteiger partial charge >= 0.3 is 12.2 Å². The molecule has 3 aromatic rings. The number of aryl methyl sites for hydroxylation is 1. The predicted molar refractivity (Wildman–Crippen MR) is 122 cm³/mol. The molecule has 4 rings (SSSR count). The van der Waals surface area contributed by atoms with Crippen LogP contribution in [0.2, 0.25) is 0 Å². The Hall–Kier alpha value is -3.89. The molecule has 1 aliphatic heterocycles. The molecule has 178 valence electrons. The van der Waals surface area contributed by atoms with E-state index < -0.39 is 11.7 Å². The maximum Gasteiger partial charge on any atom is 0.418 e. The fraction of sp³-hybridized carbons (Fsp3) is 0.304. The number of amides is 1. The number of alkyl halides is 3. The summed E-state index contributed by atoms with van der Waals surface area (Å²) in [6.07, 6.45) is -3.32. The van der Waals surface area contributed by atoms with Crippen LogP contribution in [0.25, 0.3) is 22.2 Å². The van der Waals surface area contributed by atoms with E-state index in [2.05, 4.69) is 21.5 Å². The second-order valence-electron chi connectivity index (χ2n) is 7.86. The Labute approximate surface area is 193 Å². The van der Waals surface area contributed by atoms with Crippen LogP contribution in [-0.4, -0.2) is 59.0 Å². The lowest BCUT2D eigenvalue weighted by molar-refractivity contribution is -0.137. The van der Waals surface area contributed by atoms with E-state index in [1.54, 1.807) is 24.0 Å². The molecule has 0 saturated carbocycles. The van der Waals surface area contributed by atoms with Crippen molar-refractivity contribution >= 4 is 28.4 Å². The van der Waals surface area contributed by atoms with Crippen molar-refractivity contribution in [2.45, 2.75) is 13.1 Å². The third-order valence-corrected chi connectivity index (χ3v) is 5.73. The maximum atomic E-state index is 13.7. The van der Waals surface area contributed by atoms with E-state index in [1.165, 1.54) is 13.2 Å². The first-order valence-electron chi connectivity index (χ1n) is 10.5. The van der Waals surface area contributed by atoms with Crippen molar-refractivity contribution < 1.29 is 22.7 Å². The summed E-state index contributed by atoms with van der Waals surface area (Å²) in [6, 6.07) is 5.43. The first-order valence-corrected chi connectivity index (χ1v) is 10.5. The summed E-state index contributed by atoms with van der Waals surface area (Å²) in [5.41, 5.74) is 5.81. The van der Waals surface area contributed by atoms with Crippen molar-refractivity contribution in [3.05, 3.63) is 48.0 Å². The number of benzene rings is 1. The summed E-state index contributed by atoms with van der Waals surface area (Å²) in [5, 5.41) is 0.656. The second kappa shape index (κ2) is 8.81. The van der Waals surface area contributed by atoms with Gasteiger partial charge in [-0.25, -0.2) is 4.98 Å². The Bertz CT molecular complexity index is 1270. The summed E-state index contributed by atoms with van der Waals surface area (Å²) in [6.45, 7) is 7.23. The number of carbonyl (C=O) groups is 1. The third kappa shape index (κ3) is 4.33. The highest BCUT2D eigenvalue weighted by molar-refractivity contribution is 5.94. The van der Waals surface area contributed by atoms with Crippen LogP contribution in [0.3, 0.4) is 0 Å². The van der Waals surface area contributed by atoms with Crippen LogP contribution in [-0.2, 0) is 11.0 Å². The Morgan fingerprint density at radius 3 is 2.47 bits per heavy atom. The topological polar surface area (TPSA) is 97.5 Å². The standard InChI is InChI=1S/C23H23F3N6O2/c1-4-19(33)31-7-9-32(10-8-31)21-15-11-13(2)14(12-17(15)28-22(30-21)34-3)20-16(23(24,25)26)5-6-18(27)29-20/h4-6,11-12H,1,7-10H2,2-3H3,(H2,27,29). The molecule has 0 unspecified atom stereocenters. The predicted octanol–water partition coefficient (Wildman–Crippen LogP) is 3.44. The van der Waals surface area contributed by atoms with Gasteiger partial charge in [0.1, 0.15) is 11.6 Å². The highest BCUT2D eigenvalue weighted by Crippen LogP contribution is 2.39. The second-order valence-corrected chi connectivity index (χ2v) is 7.86. The minimum atomic E-state index is -4.60. The maximum absolute atomic E-state index is 13.7. The quantitative estimate of drug-likeness (QED) is 0.581. The molecule has 8 nitrogen and oxygen atoms in total. The Morgan fingerprint density at radius 1 is 1.15 bits per heavy atom. The number of hydrogen-bond donors (Lipinski definition) is 1. The van der Waals surface area contributed by atoms with Crippen molar-refractivity contribution in [1.29, 1.82) is 0 Å². The number of nitrogens with two attached hydrogens (primary N) is 1. The molecule has 1 saturated heterocycles. The van der Waals surface area contributed by atoms with Crippen molar-refractivity contribution in [2.24, 2.45) is 0 Å². The van der Waals surface area contributed by atoms with Crippen LogP contribution < -0.4 is 15.4 Å². The van der Waals surface area contributed by atoms with Gasteiger partial charge in [0.2, 0.25) is 5.91 Å². The normalized spacial score (nSPS) is 14.4. The molecule has 0 radical (unpaired) electrons. The lowest BCUT2D eigenvalue weighted by Crippen LogP contribution is -2.48. The molecule has 1 aromatic carbocycles.